The fourth-order valence-electron chi connectivity index (χ4n) is 4.05. The first-order valence-electron chi connectivity index (χ1n) is 8.87. The molecule has 0 saturated heterocycles. The van der Waals surface area contributed by atoms with Crippen LogP contribution in [0, 0.1) is 19.7 Å². The number of H-pyrrole nitrogens is 1. The first-order valence-corrected chi connectivity index (χ1v) is 8.87. The van der Waals surface area contributed by atoms with Gasteiger partial charge in [-0.15, -0.1) is 0 Å². The number of primary amides is 1. The van der Waals surface area contributed by atoms with Crippen LogP contribution in [0.15, 0.2) is 24.3 Å². The molecule has 2 aromatic carbocycles. The summed E-state index contributed by atoms with van der Waals surface area (Å²) < 4.78 is 15.3. The summed E-state index contributed by atoms with van der Waals surface area (Å²) in [7, 11) is 0. The van der Waals surface area contributed by atoms with Crippen molar-refractivity contribution < 1.29 is 9.18 Å². The van der Waals surface area contributed by atoms with Crippen LogP contribution in [-0.4, -0.2) is 17.4 Å². The van der Waals surface area contributed by atoms with Crippen LogP contribution < -0.4 is 11.1 Å². The molecule has 0 atom stereocenters. The smallest absolute Gasteiger partial charge is 0.221 e. The van der Waals surface area contributed by atoms with E-state index in [1.807, 2.05) is 26.0 Å². The molecule has 4 nitrogen and oxygen atoms in total. The van der Waals surface area contributed by atoms with Crippen molar-refractivity contribution in [3.63, 3.8) is 0 Å². The maximum absolute atomic E-state index is 15.3. The molecular formula is C21H22FN3O. The highest BCUT2D eigenvalue weighted by atomic mass is 19.1. The number of benzene rings is 2. The second kappa shape index (κ2) is 6.25. The summed E-state index contributed by atoms with van der Waals surface area (Å²) in [5.41, 5.74) is 12.7. The third-order valence-corrected chi connectivity index (χ3v) is 5.39. The number of aryl methyl sites for hydroxylation is 2. The molecule has 0 bridgehead atoms. The van der Waals surface area contributed by atoms with Crippen molar-refractivity contribution in [2.45, 2.75) is 33.2 Å². The predicted molar refractivity (Wildman–Crippen MR) is 101 cm³/mol. The maximum Gasteiger partial charge on any atom is 0.221 e. The standard InChI is InChI=1S/C21H22FN3O/c1-11-12(2)25-21-14(9-18(23)26)8-17(22)20(19(11)21)16-5-3-4-13-10-24-7-6-15(13)16/h3-5,8,24-25H,6-7,9-10H2,1-2H3,(H2,23,26). The minimum Gasteiger partial charge on any atom is -0.369 e. The molecule has 5 heteroatoms. The Morgan fingerprint density at radius 1 is 1.31 bits per heavy atom. The summed E-state index contributed by atoms with van der Waals surface area (Å²) >= 11 is 0. The van der Waals surface area contributed by atoms with Crippen LogP contribution in [0.3, 0.4) is 0 Å². The highest BCUT2D eigenvalue weighted by molar-refractivity contribution is 6.02. The normalized spacial score (nSPS) is 13.8. The van der Waals surface area contributed by atoms with Crippen molar-refractivity contribution in [2.24, 2.45) is 5.73 Å². The third kappa shape index (κ3) is 2.59. The summed E-state index contributed by atoms with van der Waals surface area (Å²) in [6, 6.07) is 7.53. The second-order valence-corrected chi connectivity index (χ2v) is 7.03. The van der Waals surface area contributed by atoms with Crippen LogP contribution >= 0.6 is 0 Å². The fourth-order valence-corrected chi connectivity index (χ4v) is 4.05. The molecule has 0 fully saturated rings. The minimum atomic E-state index is -0.466. The van der Waals surface area contributed by atoms with Crippen LogP contribution in [0.5, 0.6) is 0 Å². The average molecular weight is 351 g/mol. The number of amides is 1. The number of halogens is 1. The van der Waals surface area contributed by atoms with Crippen LogP contribution in [-0.2, 0) is 24.2 Å². The lowest BCUT2D eigenvalue weighted by Crippen LogP contribution is -2.24. The first-order chi connectivity index (χ1) is 12.5. The molecule has 1 amide bonds. The van der Waals surface area contributed by atoms with E-state index in [-0.39, 0.29) is 12.2 Å². The Bertz CT molecular complexity index is 1040. The van der Waals surface area contributed by atoms with E-state index in [1.54, 1.807) is 0 Å². The van der Waals surface area contributed by atoms with E-state index in [0.717, 1.165) is 47.2 Å². The Morgan fingerprint density at radius 3 is 2.88 bits per heavy atom. The van der Waals surface area contributed by atoms with Crippen LogP contribution in [0.1, 0.15) is 27.9 Å². The maximum atomic E-state index is 15.3. The number of carbonyl (C=O) groups excluding carboxylic acids is 1. The molecule has 26 heavy (non-hydrogen) atoms. The van der Waals surface area contributed by atoms with Crippen molar-refractivity contribution >= 4 is 16.8 Å². The van der Waals surface area contributed by atoms with Crippen molar-refractivity contribution in [3.05, 3.63) is 58.0 Å². The van der Waals surface area contributed by atoms with Gasteiger partial charge in [-0.2, -0.15) is 0 Å². The number of fused-ring (bicyclic) bond motifs is 2. The van der Waals surface area contributed by atoms with Gasteiger partial charge in [0.25, 0.3) is 0 Å². The highest BCUT2D eigenvalue weighted by Gasteiger charge is 2.23. The van der Waals surface area contributed by atoms with Gasteiger partial charge >= 0.3 is 0 Å². The molecular weight excluding hydrogens is 329 g/mol. The van der Waals surface area contributed by atoms with Gasteiger partial charge in [0, 0.05) is 23.2 Å². The molecule has 4 N–H and O–H groups in total. The lowest BCUT2D eigenvalue weighted by atomic mass is 9.88. The number of aromatic nitrogens is 1. The summed E-state index contributed by atoms with van der Waals surface area (Å²) in [5, 5.41) is 4.22. The van der Waals surface area contributed by atoms with Gasteiger partial charge in [-0.05, 0) is 60.7 Å². The van der Waals surface area contributed by atoms with Gasteiger partial charge in [0.2, 0.25) is 5.91 Å². The van der Waals surface area contributed by atoms with Gasteiger partial charge in [-0.1, -0.05) is 18.2 Å². The molecule has 3 aromatic rings. The highest BCUT2D eigenvalue weighted by Crippen LogP contribution is 2.39. The first kappa shape index (κ1) is 16.8. The molecule has 0 unspecified atom stereocenters. The lowest BCUT2D eigenvalue weighted by Gasteiger charge is -2.21. The van der Waals surface area contributed by atoms with Crippen LogP contribution in [0.25, 0.3) is 22.0 Å². The zero-order valence-electron chi connectivity index (χ0n) is 15.0. The van der Waals surface area contributed by atoms with E-state index in [0.29, 0.717) is 11.1 Å². The van der Waals surface area contributed by atoms with E-state index in [1.165, 1.54) is 17.2 Å². The monoisotopic (exact) mass is 351 g/mol. The Labute approximate surface area is 151 Å². The number of carbonyl (C=O) groups is 1. The molecule has 0 spiro atoms. The van der Waals surface area contributed by atoms with Crippen molar-refractivity contribution in [2.75, 3.05) is 6.54 Å². The Hall–Kier alpha value is -2.66. The largest absolute Gasteiger partial charge is 0.369 e. The summed E-state index contributed by atoms with van der Waals surface area (Å²) in [6.07, 6.45) is 0.891. The average Bonchev–Trinajstić information content (AvgIpc) is 2.90. The summed E-state index contributed by atoms with van der Waals surface area (Å²) in [6.45, 7) is 5.65. The Balaban J connectivity index is 2.06. The molecule has 134 valence electrons. The summed E-state index contributed by atoms with van der Waals surface area (Å²) in [5.74, 6) is -0.769. The number of nitrogens with two attached hydrogens (primary N) is 1. The molecule has 2 heterocycles. The van der Waals surface area contributed by atoms with Gasteiger partial charge in [-0.3, -0.25) is 4.79 Å². The van der Waals surface area contributed by atoms with Gasteiger partial charge in [0.15, 0.2) is 0 Å². The molecule has 1 aliphatic rings. The molecule has 0 saturated carbocycles. The van der Waals surface area contributed by atoms with E-state index < -0.39 is 5.91 Å². The molecule has 0 aliphatic carbocycles. The minimum absolute atomic E-state index is 0.0178. The van der Waals surface area contributed by atoms with Gasteiger partial charge in [0.1, 0.15) is 5.82 Å². The van der Waals surface area contributed by atoms with Crippen molar-refractivity contribution in [3.8, 4) is 11.1 Å². The van der Waals surface area contributed by atoms with E-state index >= 15 is 4.39 Å². The summed E-state index contributed by atoms with van der Waals surface area (Å²) in [4.78, 5) is 14.8. The SMILES string of the molecule is Cc1[nH]c2c(CC(N)=O)cc(F)c(-c3cccc4c3CCNC4)c2c1C. The predicted octanol–water partition coefficient (Wildman–Crippen LogP) is 3.26. The quantitative estimate of drug-likeness (QED) is 0.678. The number of aromatic amines is 1. The number of nitrogens with one attached hydrogen (secondary N) is 2. The topological polar surface area (TPSA) is 70.9 Å². The van der Waals surface area contributed by atoms with E-state index in [2.05, 4.69) is 16.4 Å². The number of hydrogen-bond acceptors (Lipinski definition) is 2. The third-order valence-electron chi connectivity index (χ3n) is 5.39. The lowest BCUT2D eigenvalue weighted by molar-refractivity contribution is -0.117. The number of rotatable bonds is 3. The van der Waals surface area contributed by atoms with Crippen LogP contribution in [0.2, 0.25) is 0 Å². The zero-order valence-corrected chi connectivity index (χ0v) is 15.0. The Kier molecular flexibility index (Phi) is 4.04. The van der Waals surface area contributed by atoms with Gasteiger partial charge in [-0.25, -0.2) is 4.39 Å². The zero-order chi connectivity index (χ0) is 18.4. The van der Waals surface area contributed by atoms with Gasteiger partial charge in [0.05, 0.1) is 11.9 Å². The second-order valence-electron chi connectivity index (χ2n) is 7.03. The number of hydrogen-bond donors (Lipinski definition) is 3. The van der Waals surface area contributed by atoms with E-state index in [9.17, 15) is 4.79 Å². The van der Waals surface area contributed by atoms with Gasteiger partial charge < -0.3 is 16.0 Å². The van der Waals surface area contributed by atoms with Crippen molar-refractivity contribution in [1.29, 1.82) is 0 Å². The van der Waals surface area contributed by atoms with E-state index in [4.69, 9.17) is 5.73 Å². The molecule has 1 aliphatic heterocycles. The molecule has 4 rings (SSSR count). The Morgan fingerprint density at radius 2 is 2.12 bits per heavy atom. The van der Waals surface area contributed by atoms with Crippen LogP contribution in [0.4, 0.5) is 4.39 Å². The fraction of sp³-hybridized carbons (Fsp3) is 0.286. The molecule has 0 radical (unpaired) electrons. The van der Waals surface area contributed by atoms with Crippen molar-refractivity contribution in [1.82, 2.24) is 10.3 Å². The molecule has 1 aromatic heterocycles.